The van der Waals surface area contributed by atoms with Crippen LogP contribution in [-0.4, -0.2) is 32.2 Å². The van der Waals surface area contributed by atoms with Crippen LogP contribution in [0.5, 0.6) is 0 Å². The standard InChI is InChI=1S/C15H23FN2O2/c1-4-14(12-7-5-6-8-13(12)16)18-11(2)15(19)17-9-10-20-3/h5-8,11,14,18H,4,9-10H2,1-3H3,(H,17,19). The number of rotatable bonds is 8. The van der Waals surface area contributed by atoms with Gasteiger partial charge in [-0.1, -0.05) is 25.1 Å². The van der Waals surface area contributed by atoms with Crippen LogP contribution < -0.4 is 10.6 Å². The van der Waals surface area contributed by atoms with Gasteiger partial charge in [0, 0.05) is 25.3 Å². The summed E-state index contributed by atoms with van der Waals surface area (Å²) in [5.41, 5.74) is 0.589. The Morgan fingerprint density at radius 1 is 1.40 bits per heavy atom. The van der Waals surface area contributed by atoms with Gasteiger partial charge in [-0.15, -0.1) is 0 Å². The van der Waals surface area contributed by atoms with E-state index in [1.165, 1.54) is 6.07 Å². The molecule has 0 saturated heterocycles. The summed E-state index contributed by atoms with van der Waals surface area (Å²) in [5.74, 6) is -0.365. The summed E-state index contributed by atoms with van der Waals surface area (Å²) in [7, 11) is 1.58. The fourth-order valence-corrected chi connectivity index (χ4v) is 1.99. The Kier molecular flexibility index (Phi) is 7.18. The van der Waals surface area contributed by atoms with Gasteiger partial charge in [-0.2, -0.15) is 0 Å². The highest BCUT2D eigenvalue weighted by Gasteiger charge is 2.19. The zero-order chi connectivity index (χ0) is 15.0. The molecular formula is C15H23FN2O2. The van der Waals surface area contributed by atoms with E-state index >= 15 is 0 Å². The van der Waals surface area contributed by atoms with E-state index in [2.05, 4.69) is 10.6 Å². The summed E-state index contributed by atoms with van der Waals surface area (Å²) in [6.45, 7) is 4.67. The first kappa shape index (κ1) is 16.6. The number of hydrogen-bond donors (Lipinski definition) is 2. The molecule has 4 nitrogen and oxygen atoms in total. The predicted molar refractivity (Wildman–Crippen MR) is 76.9 cm³/mol. The van der Waals surface area contributed by atoms with Crippen molar-refractivity contribution in [1.29, 1.82) is 0 Å². The van der Waals surface area contributed by atoms with E-state index < -0.39 is 6.04 Å². The third-order valence-electron chi connectivity index (χ3n) is 3.14. The van der Waals surface area contributed by atoms with Crippen LogP contribution in [0.1, 0.15) is 31.9 Å². The van der Waals surface area contributed by atoms with Gasteiger partial charge in [-0.25, -0.2) is 4.39 Å². The fraction of sp³-hybridized carbons (Fsp3) is 0.533. The van der Waals surface area contributed by atoms with Crippen LogP contribution in [0.2, 0.25) is 0 Å². The van der Waals surface area contributed by atoms with Crippen molar-refractivity contribution < 1.29 is 13.9 Å². The van der Waals surface area contributed by atoms with Crippen LogP contribution in [0.3, 0.4) is 0 Å². The molecule has 112 valence electrons. The van der Waals surface area contributed by atoms with E-state index in [4.69, 9.17) is 4.74 Å². The maximum atomic E-state index is 13.8. The van der Waals surface area contributed by atoms with Gasteiger partial charge in [-0.05, 0) is 19.4 Å². The summed E-state index contributed by atoms with van der Waals surface area (Å²) in [6.07, 6.45) is 0.705. The fourth-order valence-electron chi connectivity index (χ4n) is 1.99. The van der Waals surface area contributed by atoms with Gasteiger partial charge in [0.05, 0.1) is 12.6 Å². The third kappa shape index (κ3) is 4.90. The molecule has 0 heterocycles. The first-order valence-corrected chi connectivity index (χ1v) is 6.87. The predicted octanol–water partition coefficient (Wildman–Crippen LogP) is 2.02. The molecule has 0 bridgehead atoms. The molecule has 1 aromatic rings. The van der Waals surface area contributed by atoms with Crippen LogP contribution >= 0.6 is 0 Å². The minimum absolute atomic E-state index is 0.114. The largest absolute Gasteiger partial charge is 0.383 e. The lowest BCUT2D eigenvalue weighted by Crippen LogP contribution is -2.44. The zero-order valence-electron chi connectivity index (χ0n) is 12.3. The van der Waals surface area contributed by atoms with E-state index in [0.29, 0.717) is 25.1 Å². The maximum absolute atomic E-state index is 13.8. The highest BCUT2D eigenvalue weighted by atomic mass is 19.1. The number of ether oxygens (including phenoxy) is 1. The molecule has 0 aliphatic heterocycles. The number of carbonyl (C=O) groups excluding carboxylic acids is 1. The molecule has 0 saturated carbocycles. The highest BCUT2D eigenvalue weighted by Crippen LogP contribution is 2.20. The molecule has 20 heavy (non-hydrogen) atoms. The molecule has 0 aliphatic carbocycles. The Bertz CT molecular complexity index is 426. The normalized spacial score (nSPS) is 13.8. The van der Waals surface area contributed by atoms with Gasteiger partial charge in [0.15, 0.2) is 0 Å². The molecule has 5 heteroatoms. The summed E-state index contributed by atoms with van der Waals surface area (Å²) in [6, 6.07) is 6.06. The van der Waals surface area contributed by atoms with Gasteiger partial charge in [0.2, 0.25) is 5.91 Å². The van der Waals surface area contributed by atoms with E-state index in [9.17, 15) is 9.18 Å². The van der Waals surface area contributed by atoms with Gasteiger partial charge >= 0.3 is 0 Å². The molecule has 0 fully saturated rings. The molecule has 0 aromatic heterocycles. The molecule has 2 atom stereocenters. The van der Waals surface area contributed by atoms with Crippen LogP contribution in [0, 0.1) is 5.82 Å². The highest BCUT2D eigenvalue weighted by molar-refractivity contribution is 5.81. The topological polar surface area (TPSA) is 50.4 Å². The average molecular weight is 282 g/mol. The summed E-state index contributed by atoms with van der Waals surface area (Å²) < 4.78 is 18.6. The SMILES string of the molecule is CCC(NC(C)C(=O)NCCOC)c1ccccc1F. The molecule has 1 aromatic carbocycles. The summed E-state index contributed by atoms with van der Waals surface area (Å²) in [4.78, 5) is 11.9. The summed E-state index contributed by atoms with van der Waals surface area (Å²) >= 11 is 0. The molecule has 2 N–H and O–H groups in total. The Morgan fingerprint density at radius 2 is 2.10 bits per heavy atom. The average Bonchev–Trinajstić information content (AvgIpc) is 2.45. The number of methoxy groups -OCH3 is 1. The number of amides is 1. The van der Waals surface area contributed by atoms with Crippen LogP contribution in [0.25, 0.3) is 0 Å². The van der Waals surface area contributed by atoms with E-state index in [1.54, 1.807) is 32.2 Å². The number of benzene rings is 1. The Labute approximate surface area is 119 Å². The van der Waals surface area contributed by atoms with E-state index in [0.717, 1.165) is 0 Å². The number of carbonyl (C=O) groups is 1. The van der Waals surface area contributed by atoms with Crippen molar-refractivity contribution in [1.82, 2.24) is 10.6 Å². The number of hydrogen-bond acceptors (Lipinski definition) is 3. The second-order valence-electron chi connectivity index (χ2n) is 4.65. The Balaban J connectivity index is 2.60. The van der Waals surface area contributed by atoms with Gasteiger partial charge in [-0.3, -0.25) is 10.1 Å². The first-order chi connectivity index (χ1) is 9.60. The minimum Gasteiger partial charge on any atom is -0.383 e. The Hall–Kier alpha value is -1.46. The molecule has 1 amide bonds. The number of nitrogens with one attached hydrogen (secondary N) is 2. The molecular weight excluding hydrogens is 259 g/mol. The van der Waals surface area contributed by atoms with Crippen molar-refractivity contribution in [2.45, 2.75) is 32.4 Å². The molecule has 0 radical (unpaired) electrons. The van der Waals surface area contributed by atoms with Gasteiger partial charge in [0.25, 0.3) is 0 Å². The lowest BCUT2D eigenvalue weighted by molar-refractivity contribution is -0.123. The van der Waals surface area contributed by atoms with Crippen molar-refractivity contribution in [2.24, 2.45) is 0 Å². The zero-order valence-corrected chi connectivity index (χ0v) is 12.3. The van der Waals surface area contributed by atoms with Crippen molar-refractivity contribution in [3.05, 3.63) is 35.6 Å². The van der Waals surface area contributed by atoms with Gasteiger partial charge < -0.3 is 10.1 Å². The third-order valence-corrected chi connectivity index (χ3v) is 3.14. The van der Waals surface area contributed by atoms with Crippen molar-refractivity contribution in [3.63, 3.8) is 0 Å². The molecule has 0 spiro atoms. The van der Waals surface area contributed by atoms with E-state index in [-0.39, 0.29) is 17.8 Å². The Morgan fingerprint density at radius 3 is 2.70 bits per heavy atom. The second kappa shape index (κ2) is 8.66. The van der Waals surface area contributed by atoms with Crippen molar-refractivity contribution in [2.75, 3.05) is 20.3 Å². The quantitative estimate of drug-likeness (QED) is 0.717. The second-order valence-corrected chi connectivity index (χ2v) is 4.65. The minimum atomic E-state index is -0.392. The lowest BCUT2D eigenvalue weighted by Gasteiger charge is -2.22. The van der Waals surface area contributed by atoms with Crippen LogP contribution in [0.15, 0.2) is 24.3 Å². The van der Waals surface area contributed by atoms with E-state index in [1.807, 2.05) is 6.92 Å². The molecule has 0 aliphatic rings. The smallest absolute Gasteiger partial charge is 0.236 e. The molecule has 1 rings (SSSR count). The van der Waals surface area contributed by atoms with Crippen molar-refractivity contribution in [3.8, 4) is 0 Å². The maximum Gasteiger partial charge on any atom is 0.236 e. The van der Waals surface area contributed by atoms with Crippen LogP contribution in [0.4, 0.5) is 4.39 Å². The monoisotopic (exact) mass is 282 g/mol. The first-order valence-electron chi connectivity index (χ1n) is 6.87. The van der Waals surface area contributed by atoms with Gasteiger partial charge in [0.1, 0.15) is 5.82 Å². The number of halogens is 1. The molecule has 2 unspecified atom stereocenters. The lowest BCUT2D eigenvalue weighted by atomic mass is 10.0. The summed E-state index contributed by atoms with van der Waals surface area (Å²) in [5, 5.41) is 5.92. The van der Waals surface area contributed by atoms with Crippen LogP contribution in [-0.2, 0) is 9.53 Å². The van der Waals surface area contributed by atoms with Crippen molar-refractivity contribution >= 4 is 5.91 Å².